The second-order valence-corrected chi connectivity index (χ2v) is 5.67. The van der Waals surface area contributed by atoms with E-state index in [0.29, 0.717) is 38.4 Å². The molecule has 0 aromatic heterocycles. The predicted molar refractivity (Wildman–Crippen MR) is 88.7 cm³/mol. The Labute approximate surface area is 142 Å². The molecule has 0 bridgehead atoms. The average Bonchev–Trinajstić information content (AvgIpc) is 2.99. The lowest BCUT2D eigenvalue weighted by Crippen LogP contribution is -2.19. The SMILES string of the molecule is CC(=NNC(=O)c1ccc2c(c1)OCO2)c1ccc(Cl)cc1Cl. The van der Waals surface area contributed by atoms with Crippen LogP contribution in [0.15, 0.2) is 41.5 Å². The van der Waals surface area contributed by atoms with Crippen molar-refractivity contribution in [2.75, 3.05) is 6.79 Å². The Hall–Kier alpha value is -2.24. The molecular weight excluding hydrogens is 339 g/mol. The molecule has 0 atom stereocenters. The Morgan fingerprint density at radius 3 is 2.70 bits per heavy atom. The summed E-state index contributed by atoms with van der Waals surface area (Å²) in [6.07, 6.45) is 0. The second-order valence-electron chi connectivity index (χ2n) is 4.83. The standard InChI is InChI=1S/C16H12Cl2N2O3/c1-9(12-4-3-11(17)7-13(12)18)19-20-16(21)10-2-5-14-15(6-10)23-8-22-14/h2-7H,8H2,1H3,(H,20,21). The van der Waals surface area contributed by atoms with Gasteiger partial charge in [0, 0.05) is 16.1 Å². The molecule has 118 valence electrons. The van der Waals surface area contributed by atoms with Crippen molar-refractivity contribution >= 4 is 34.8 Å². The number of ether oxygens (including phenoxy) is 2. The first-order valence-corrected chi connectivity index (χ1v) is 7.50. The van der Waals surface area contributed by atoms with Gasteiger partial charge >= 0.3 is 0 Å². The van der Waals surface area contributed by atoms with Gasteiger partial charge in [0.1, 0.15) is 0 Å². The maximum Gasteiger partial charge on any atom is 0.271 e. The topological polar surface area (TPSA) is 59.9 Å². The molecule has 0 spiro atoms. The molecule has 5 nitrogen and oxygen atoms in total. The summed E-state index contributed by atoms with van der Waals surface area (Å²) in [5.41, 5.74) is 4.18. The Balaban J connectivity index is 1.75. The quantitative estimate of drug-likeness (QED) is 0.674. The lowest BCUT2D eigenvalue weighted by Gasteiger charge is -2.06. The first-order chi connectivity index (χ1) is 11.0. The number of hydrazone groups is 1. The number of hydrogen-bond acceptors (Lipinski definition) is 4. The molecule has 1 aliphatic rings. The molecular formula is C16H12Cl2N2O3. The summed E-state index contributed by atoms with van der Waals surface area (Å²) in [4.78, 5) is 12.2. The molecule has 2 aromatic rings. The highest BCUT2D eigenvalue weighted by atomic mass is 35.5. The fourth-order valence-electron chi connectivity index (χ4n) is 2.08. The van der Waals surface area contributed by atoms with Crippen LogP contribution in [0.5, 0.6) is 11.5 Å². The zero-order valence-corrected chi connectivity index (χ0v) is 13.6. The van der Waals surface area contributed by atoms with Gasteiger partial charge in [-0.15, -0.1) is 0 Å². The zero-order chi connectivity index (χ0) is 16.4. The number of hydrogen-bond donors (Lipinski definition) is 1. The molecule has 1 N–H and O–H groups in total. The summed E-state index contributed by atoms with van der Waals surface area (Å²) in [6.45, 7) is 1.90. The van der Waals surface area contributed by atoms with E-state index in [2.05, 4.69) is 10.5 Å². The minimum atomic E-state index is -0.354. The van der Waals surface area contributed by atoms with E-state index >= 15 is 0 Å². The first kappa shape index (κ1) is 15.6. The molecule has 1 heterocycles. The Kier molecular flexibility index (Phi) is 4.41. The molecule has 7 heteroatoms. The largest absolute Gasteiger partial charge is 0.454 e. The molecule has 3 rings (SSSR count). The molecule has 2 aromatic carbocycles. The summed E-state index contributed by atoms with van der Waals surface area (Å²) >= 11 is 12.0. The number of benzene rings is 2. The number of nitrogens with zero attached hydrogens (tertiary/aromatic N) is 1. The average molecular weight is 351 g/mol. The lowest BCUT2D eigenvalue weighted by atomic mass is 10.1. The molecule has 0 radical (unpaired) electrons. The highest BCUT2D eigenvalue weighted by Gasteiger charge is 2.16. The molecule has 0 aliphatic carbocycles. The maximum absolute atomic E-state index is 12.2. The van der Waals surface area contributed by atoms with Crippen molar-refractivity contribution in [3.8, 4) is 11.5 Å². The molecule has 0 unspecified atom stereocenters. The molecule has 0 fully saturated rings. The third-order valence-electron chi connectivity index (χ3n) is 3.28. The maximum atomic E-state index is 12.2. The normalized spacial score (nSPS) is 13.1. The number of nitrogens with one attached hydrogen (secondary N) is 1. The van der Waals surface area contributed by atoms with Gasteiger partial charge in [0.2, 0.25) is 6.79 Å². The number of carbonyl (C=O) groups excluding carboxylic acids is 1. The van der Waals surface area contributed by atoms with E-state index in [1.807, 2.05) is 0 Å². The van der Waals surface area contributed by atoms with Crippen molar-refractivity contribution in [3.05, 3.63) is 57.6 Å². The monoisotopic (exact) mass is 350 g/mol. The van der Waals surface area contributed by atoms with Crippen molar-refractivity contribution in [1.29, 1.82) is 0 Å². The third kappa shape index (κ3) is 3.41. The Morgan fingerprint density at radius 1 is 1.13 bits per heavy atom. The van der Waals surface area contributed by atoms with Gasteiger partial charge in [-0.25, -0.2) is 5.43 Å². The van der Waals surface area contributed by atoms with E-state index in [-0.39, 0.29) is 12.7 Å². The zero-order valence-electron chi connectivity index (χ0n) is 12.1. The van der Waals surface area contributed by atoms with Crippen LogP contribution in [0.3, 0.4) is 0 Å². The van der Waals surface area contributed by atoms with Gasteiger partial charge in [-0.3, -0.25) is 4.79 Å². The second kappa shape index (κ2) is 6.48. The predicted octanol–water partition coefficient (Wildman–Crippen LogP) is 3.88. The Bertz CT molecular complexity index is 806. The number of carbonyl (C=O) groups is 1. The van der Waals surface area contributed by atoms with E-state index in [9.17, 15) is 4.79 Å². The van der Waals surface area contributed by atoms with Gasteiger partial charge in [-0.05, 0) is 37.3 Å². The highest BCUT2D eigenvalue weighted by molar-refractivity contribution is 6.37. The number of rotatable bonds is 3. The van der Waals surface area contributed by atoms with Crippen molar-refractivity contribution in [1.82, 2.24) is 5.43 Å². The van der Waals surface area contributed by atoms with Gasteiger partial charge in [-0.1, -0.05) is 29.3 Å². The molecule has 0 saturated heterocycles. The van der Waals surface area contributed by atoms with Crippen LogP contribution in [0.2, 0.25) is 10.0 Å². The van der Waals surface area contributed by atoms with Gasteiger partial charge in [0.05, 0.1) is 10.7 Å². The fraction of sp³-hybridized carbons (Fsp3) is 0.125. The summed E-state index contributed by atoms with van der Waals surface area (Å²) in [5, 5.41) is 5.08. The number of amides is 1. The van der Waals surface area contributed by atoms with E-state index in [1.165, 1.54) is 0 Å². The van der Waals surface area contributed by atoms with Crippen molar-refractivity contribution in [2.24, 2.45) is 5.10 Å². The van der Waals surface area contributed by atoms with Crippen LogP contribution < -0.4 is 14.9 Å². The first-order valence-electron chi connectivity index (χ1n) is 6.74. The summed E-state index contributed by atoms with van der Waals surface area (Å²) < 4.78 is 10.4. The fourth-order valence-corrected chi connectivity index (χ4v) is 2.63. The van der Waals surface area contributed by atoms with Crippen LogP contribution in [-0.2, 0) is 0 Å². The molecule has 1 amide bonds. The van der Waals surface area contributed by atoms with Gasteiger partial charge in [-0.2, -0.15) is 5.10 Å². The molecule has 23 heavy (non-hydrogen) atoms. The van der Waals surface area contributed by atoms with E-state index in [1.54, 1.807) is 43.3 Å². The van der Waals surface area contributed by atoms with E-state index in [0.717, 1.165) is 0 Å². The third-order valence-corrected chi connectivity index (χ3v) is 3.83. The van der Waals surface area contributed by atoms with Crippen LogP contribution in [0, 0.1) is 0 Å². The smallest absolute Gasteiger partial charge is 0.271 e. The van der Waals surface area contributed by atoms with Crippen LogP contribution in [-0.4, -0.2) is 18.4 Å². The molecule has 0 saturated carbocycles. The molecule has 1 aliphatic heterocycles. The van der Waals surface area contributed by atoms with Gasteiger partial charge in [0.15, 0.2) is 11.5 Å². The summed E-state index contributed by atoms with van der Waals surface area (Å²) in [6, 6.07) is 10.0. The van der Waals surface area contributed by atoms with E-state index < -0.39 is 0 Å². The van der Waals surface area contributed by atoms with Crippen molar-refractivity contribution < 1.29 is 14.3 Å². The Morgan fingerprint density at radius 2 is 1.91 bits per heavy atom. The summed E-state index contributed by atoms with van der Waals surface area (Å²) in [5.74, 6) is 0.806. The van der Waals surface area contributed by atoms with E-state index in [4.69, 9.17) is 32.7 Å². The van der Waals surface area contributed by atoms with Crippen LogP contribution in [0.25, 0.3) is 0 Å². The van der Waals surface area contributed by atoms with Crippen LogP contribution in [0.1, 0.15) is 22.8 Å². The van der Waals surface area contributed by atoms with Gasteiger partial charge in [0.25, 0.3) is 5.91 Å². The van der Waals surface area contributed by atoms with Crippen molar-refractivity contribution in [2.45, 2.75) is 6.92 Å². The lowest BCUT2D eigenvalue weighted by molar-refractivity contribution is 0.0954. The van der Waals surface area contributed by atoms with Crippen LogP contribution in [0.4, 0.5) is 0 Å². The van der Waals surface area contributed by atoms with Crippen molar-refractivity contribution in [3.63, 3.8) is 0 Å². The minimum Gasteiger partial charge on any atom is -0.454 e. The highest BCUT2D eigenvalue weighted by Crippen LogP contribution is 2.32. The van der Waals surface area contributed by atoms with Gasteiger partial charge < -0.3 is 9.47 Å². The number of fused-ring (bicyclic) bond motifs is 1. The summed E-state index contributed by atoms with van der Waals surface area (Å²) in [7, 11) is 0. The minimum absolute atomic E-state index is 0.159. The number of halogens is 2. The van der Waals surface area contributed by atoms with Crippen LogP contribution >= 0.6 is 23.2 Å².